The van der Waals surface area contributed by atoms with E-state index in [0.717, 1.165) is 31.3 Å². The summed E-state index contributed by atoms with van der Waals surface area (Å²) in [5.41, 5.74) is -0.830. The Morgan fingerprint density at radius 2 is 1.72 bits per heavy atom. The molecule has 0 aliphatic heterocycles. The SMILES string of the molecule is C#C[C@]1(O)CC[C@H]2[C@@H]3[C@H](O)C=C4[C@@H](O)[C@@H](O)CC[C@]4(C)[C@H]3CC[C@@]21C. The summed E-state index contributed by atoms with van der Waals surface area (Å²) in [4.78, 5) is 0. The van der Waals surface area contributed by atoms with E-state index in [-0.39, 0.29) is 28.6 Å². The van der Waals surface area contributed by atoms with Crippen molar-refractivity contribution in [2.75, 3.05) is 0 Å². The van der Waals surface area contributed by atoms with Crippen LogP contribution in [0, 0.1) is 40.9 Å². The van der Waals surface area contributed by atoms with Crippen LogP contribution in [0.2, 0.25) is 0 Å². The van der Waals surface area contributed by atoms with Crippen molar-refractivity contribution >= 4 is 0 Å². The van der Waals surface area contributed by atoms with Crippen LogP contribution in [0.3, 0.4) is 0 Å². The van der Waals surface area contributed by atoms with Gasteiger partial charge in [0, 0.05) is 5.41 Å². The van der Waals surface area contributed by atoms with Gasteiger partial charge in [-0.2, -0.15) is 0 Å². The highest BCUT2D eigenvalue weighted by Gasteiger charge is 2.65. The van der Waals surface area contributed by atoms with Crippen molar-refractivity contribution < 1.29 is 20.4 Å². The third-order valence-corrected chi connectivity index (χ3v) is 8.59. The highest BCUT2D eigenvalue weighted by Crippen LogP contribution is 2.66. The Kier molecular flexibility index (Phi) is 3.74. The molecular weight excluding hydrogens is 316 g/mol. The molecule has 0 unspecified atom stereocenters. The lowest BCUT2D eigenvalue weighted by Gasteiger charge is -2.60. The van der Waals surface area contributed by atoms with Gasteiger partial charge in [-0.15, -0.1) is 6.42 Å². The number of aliphatic hydroxyl groups excluding tert-OH is 3. The standard InChI is InChI=1S/C21H30O4/c1-4-21(25)10-6-13-17-12(5-9-20(13,21)3)19(2)8-7-15(22)18(24)14(19)11-16(17)23/h1,11-13,15-18,22-25H,5-10H2,2-3H3/t12-,13-,15-,16+,17+,18+,19+,20-,21-/m0/s1. The molecule has 138 valence electrons. The third-order valence-electron chi connectivity index (χ3n) is 8.59. The van der Waals surface area contributed by atoms with Gasteiger partial charge in [-0.25, -0.2) is 0 Å². The third kappa shape index (κ3) is 2.04. The minimum atomic E-state index is -1.09. The fraction of sp³-hybridized carbons (Fsp3) is 0.810. The Bertz CT molecular complexity index is 651. The maximum absolute atomic E-state index is 11.0. The van der Waals surface area contributed by atoms with Crippen molar-refractivity contribution in [1.29, 1.82) is 0 Å². The van der Waals surface area contributed by atoms with Crippen molar-refractivity contribution in [3.05, 3.63) is 11.6 Å². The van der Waals surface area contributed by atoms with Crippen molar-refractivity contribution in [2.24, 2.45) is 28.6 Å². The van der Waals surface area contributed by atoms with E-state index in [1.807, 2.05) is 0 Å². The zero-order valence-corrected chi connectivity index (χ0v) is 15.2. The average Bonchev–Trinajstić information content (AvgIpc) is 2.86. The zero-order chi connectivity index (χ0) is 18.2. The number of hydrogen-bond acceptors (Lipinski definition) is 4. The van der Waals surface area contributed by atoms with Crippen LogP contribution in [0.1, 0.15) is 52.4 Å². The summed E-state index contributed by atoms with van der Waals surface area (Å²) in [6.07, 6.45) is 9.78. The molecule has 4 heteroatoms. The van der Waals surface area contributed by atoms with Crippen molar-refractivity contribution in [2.45, 2.75) is 76.3 Å². The van der Waals surface area contributed by atoms with E-state index in [0.29, 0.717) is 12.8 Å². The molecule has 25 heavy (non-hydrogen) atoms. The van der Waals surface area contributed by atoms with E-state index in [2.05, 4.69) is 19.8 Å². The molecule has 0 aromatic carbocycles. The van der Waals surface area contributed by atoms with Gasteiger partial charge in [0.1, 0.15) is 11.7 Å². The maximum Gasteiger partial charge on any atom is 0.130 e. The highest BCUT2D eigenvalue weighted by atomic mass is 16.3. The molecule has 4 aliphatic rings. The minimum Gasteiger partial charge on any atom is -0.390 e. The molecule has 3 fully saturated rings. The monoisotopic (exact) mass is 346 g/mol. The van der Waals surface area contributed by atoms with Gasteiger partial charge in [0.15, 0.2) is 0 Å². The van der Waals surface area contributed by atoms with E-state index >= 15 is 0 Å². The van der Waals surface area contributed by atoms with Crippen LogP contribution in [0.4, 0.5) is 0 Å². The van der Waals surface area contributed by atoms with Gasteiger partial charge in [-0.1, -0.05) is 25.8 Å². The molecular formula is C21H30O4. The number of rotatable bonds is 0. The Morgan fingerprint density at radius 1 is 1.04 bits per heavy atom. The highest BCUT2D eigenvalue weighted by molar-refractivity contribution is 5.33. The lowest BCUT2D eigenvalue weighted by molar-refractivity contribution is -0.131. The molecule has 4 nitrogen and oxygen atoms in total. The van der Waals surface area contributed by atoms with Crippen molar-refractivity contribution in [1.82, 2.24) is 0 Å². The Hall–Kier alpha value is -0.860. The van der Waals surface area contributed by atoms with E-state index in [1.54, 1.807) is 6.08 Å². The first-order valence-electron chi connectivity index (χ1n) is 9.64. The summed E-state index contributed by atoms with van der Waals surface area (Å²) in [5, 5.41) is 42.5. The first-order chi connectivity index (χ1) is 11.7. The number of hydrogen-bond donors (Lipinski definition) is 4. The van der Waals surface area contributed by atoms with Gasteiger partial charge in [-0.3, -0.25) is 0 Å². The Labute approximate surface area is 150 Å². The van der Waals surface area contributed by atoms with Gasteiger partial charge >= 0.3 is 0 Å². The number of fused-ring (bicyclic) bond motifs is 5. The molecule has 0 heterocycles. The quantitative estimate of drug-likeness (QED) is 0.397. The van der Waals surface area contributed by atoms with Crippen LogP contribution in [0.15, 0.2) is 11.6 Å². The van der Waals surface area contributed by atoms with E-state index in [1.165, 1.54) is 0 Å². The second-order valence-corrected chi connectivity index (χ2v) is 9.37. The predicted octanol–water partition coefficient (Wildman–Crippen LogP) is 1.62. The van der Waals surface area contributed by atoms with Gasteiger partial charge in [0.2, 0.25) is 0 Å². The summed E-state index contributed by atoms with van der Waals surface area (Å²) in [6.45, 7) is 4.27. The molecule has 4 aliphatic carbocycles. The van der Waals surface area contributed by atoms with E-state index in [9.17, 15) is 20.4 Å². The molecule has 0 aromatic heterocycles. The molecule has 4 rings (SSSR count). The first-order valence-corrected chi connectivity index (χ1v) is 9.64. The molecule has 9 atom stereocenters. The van der Waals surface area contributed by atoms with E-state index in [4.69, 9.17) is 6.42 Å². The Morgan fingerprint density at radius 3 is 2.40 bits per heavy atom. The molecule has 4 N–H and O–H groups in total. The smallest absolute Gasteiger partial charge is 0.130 e. The van der Waals surface area contributed by atoms with Crippen LogP contribution >= 0.6 is 0 Å². The number of aliphatic hydroxyl groups is 4. The van der Waals surface area contributed by atoms with Gasteiger partial charge in [-0.05, 0) is 67.3 Å². The second kappa shape index (κ2) is 5.33. The van der Waals surface area contributed by atoms with Gasteiger partial charge in [0.05, 0.1) is 12.2 Å². The molecule has 0 radical (unpaired) electrons. The second-order valence-electron chi connectivity index (χ2n) is 9.37. The van der Waals surface area contributed by atoms with Crippen molar-refractivity contribution in [3.8, 4) is 12.3 Å². The largest absolute Gasteiger partial charge is 0.390 e. The van der Waals surface area contributed by atoms with Crippen LogP contribution in [-0.4, -0.2) is 44.3 Å². The summed E-state index contributed by atoms with van der Waals surface area (Å²) >= 11 is 0. The molecule has 3 saturated carbocycles. The lowest BCUT2D eigenvalue weighted by atomic mass is 9.46. The number of terminal acetylenes is 1. The van der Waals surface area contributed by atoms with Crippen LogP contribution < -0.4 is 0 Å². The summed E-state index contributed by atoms with van der Waals surface area (Å²) in [5.74, 6) is 3.14. The molecule has 0 bridgehead atoms. The van der Waals surface area contributed by atoms with Gasteiger partial charge < -0.3 is 20.4 Å². The minimum absolute atomic E-state index is 0.0531. The molecule has 0 spiro atoms. The molecule has 0 amide bonds. The normalized spacial score (nSPS) is 57.7. The topological polar surface area (TPSA) is 80.9 Å². The molecule has 0 aromatic rings. The first kappa shape index (κ1) is 17.5. The lowest BCUT2D eigenvalue weighted by Crippen LogP contribution is -2.59. The Balaban J connectivity index is 1.77. The maximum atomic E-state index is 11.0. The average molecular weight is 346 g/mol. The summed E-state index contributed by atoms with van der Waals surface area (Å²) in [6, 6.07) is 0. The fourth-order valence-corrected chi connectivity index (χ4v) is 6.95. The van der Waals surface area contributed by atoms with Crippen LogP contribution in [0.5, 0.6) is 0 Å². The van der Waals surface area contributed by atoms with Crippen LogP contribution in [0.25, 0.3) is 0 Å². The van der Waals surface area contributed by atoms with Crippen LogP contribution in [-0.2, 0) is 0 Å². The molecule has 0 saturated heterocycles. The predicted molar refractivity (Wildman–Crippen MR) is 94.3 cm³/mol. The van der Waals surface area contributed by atoms with E-state index < -0.39 is 23.9 Å². The fourth-order valence-electron chi connectivity index (χ4n) is 6.95. The summed E-state index contributed by atoms with van der Waals surface area (Å²) < 4.78 is 0. The van der Waals surface area contributed by atoms with Crippen molar-refractivity contribution in [3.63, 3.8) is 0 Å². The van der Waals surface area contributed by atoms with Gasteiger partial charge in [0.25, 0.3) is 0 Å². The summed E-state index contributed by atoms with van der Waals surface area (Å²) in [7, 11) is 0. The zero-order valence-electron chi connectivity index (χ0n) is 15.2.